The van der Waals surface area contributed by atoms with Gasteiger partial charge in [0.1, 0.15) is 11.4 Å². The van der Waals surface area contributed by atoms with E-state index in [9.17, 15) is 35.5 Å². The van der Waals surface area contributed by atoms with Gasteiger partial charge in [-0.05, 0) is 48.9 Å². The van der Waals surface area contributed by atoms with E-state index in [4.69, 9.17) is 4.74 Å². The monoisotopic (exact) mass is 811 g/mol. The predicted octanol–water partition coefficient (Wildman–Crippen LogP) is 9.97. The highest BCUT2D eigenvalue weighted by Gasteiger charge is 2.23. The summed E-state index contributed by atoms with van der Waals surface area (Å²) in [5.41, 5.74) is -0.898. The van der Waals surface area contributed by atoms with E-state index in [0.29, 0.717) is 41.9 Å². The molecule has 0 aliphatic rings. The third-order valence-corrected chi connectivity index (χ3v) is 10.9. The summed E-state index contributed by atoms with van der Waals surface area (Å²) in [5, 5.41) is 13.6. The molecule has 56 heavy (non-hydrogen) atoms. The maximum Gasteiger partial charge on any atom is 0.301 e. The number of H-pyrrole nitrogens is 1. The number of hydrogen-bond donors (Lipinski definition) is 4. The number of nitrogens with zero attached hydrogens (tertiary/aromatic N) is 3. The van der Waals surface area contributed by atoms with Crippen LogP contribution in [0, 0.1) is 0 Å². The molecule has 0 radical (unpaired) electrons. The Kier molecular flexibility index (Phi) is 17.5. The van der Waals surface area contributed by atoms with E-state index in [1.807, 2.05) is 0 Å². The number of unbranched alkanes of at least 4 members (excludes halogenated alkanes) is 15. The van der Waals surface area contributed by atoms with Gasteiger partial charge in [-0.15, -0.1) is 10.2 Å². The Morgan fingerprint density at radius 1 is 0.696 bits per heavy atom. The molecule has 14 nitrogen and oxygen atoms in total. The van der Waals surface area contributed by atoms with Crippen molar-refractivity contribution in [3.05, 3.63) is 88.7 Å². The Bertz CT molecular complexity index is 2120. The average molecular weight is 812 g/mol. The standard InChI is InChI=1S/C40H53N5O9S2/c1-2-3-4-5-6-7-8-9-10-11-12-13-14-15-16-22-27-54-36-26-21-20-25-35(36)42-43-37-38(44-45(40(37)47)32-23-18-17-19-24-32)41-39(46)31-28-33(55(48,49)50)30-34(29-31)56(51,52)53/h17-21,23-26,28-30,44H,2-16,22,27H2,1H3,(H,41,46)(H,48,49,50)(H,51,52,53). The van der Waals surface area contributed by atoms with Crippen molar-refractivity contribution in [2.24, 2.45) is 10.2 Å². The SMILES string of the molecule is CCCCCCCCCCCCCCCCCCOc1ccccc1N=Nc1c(NC(=O)c2cc(S(=O)(=O)O)cc(S(=O)(=O)O)c2)[nH]n(-c2ccccc2)c1=O. The van der Waals surface area contributed by atoms with Gasteiger partial charge in [0.05, 0.1) is 22.1 Å². The molecule has 0 saturated heterocycles. The van der Waals surface area contributed by atoms with E-state index in [1.54, 1.807) is 54.6 Å². The molecule has 1 aromatic heterocycles. The molecule has 4 aromatic rings. The van der Waals surface area contributed by atoms with Gasteiger partial charge >= 0.3 is 5.56 Å². The molecule has 0 spiro atoms. The van der Waals surface area contributed by atoms with Gasteiger partial charge in [0, 0.05) is 5.56 Å². The number of aromatic amines is 1. The van der Waals surface area contributed by atoms with E-state index >= 15 is 0 Å². The van der Waals surface area contributed by atoms with Crippen LogP contribution in [0.2, 0.25) is 0 Å². The van der Waals surface area contributed by atoms with Crippen LogP contribution in [-0.2, 0) is 20.2 Å². The molecule has 0 saturated carbocycles. The number of rotatable bonds is 25. The third kappa shape index (κ3) is 14.1. The Labute approximate surface area is 329 Å². The van der Waals surface area contributed by atoms with E-state index in [-0.39, 0.29) is 11.5 Å². The molecule has 0 atom stereocenters. The topological polar surface area (TPSA) is 210 Å². The summed E-state index contributed by atoms with van der Waals surface area (Å²) in [6.07, 6.45) is 20.3. The first-order chi connectivity index (χ1) is 26.9. The van der Waals surface area contributed by atoms with Gasteiger partial charge in [0.2, 0.25) is 0 Å². The van der Waals surface area contributed by atoms with E-state index < -0.39 is 47.1 Å². The number of hydrogen-bond acceptors (Lipinski definition) is 9. The van der Waals surface area contributed by atoms with Crippen molar-refractivity contribution in [2.75, 3.05) is 11.9 Å². The highest BCUT2D eigenvalue weighted by Crippen LogP contribution is 2.31. The molecular formula is C40H53N5O9S2. The molecule has 0 unspecified atom stereocenters. The van der Waals surface area contributed by atoms with Crippen LogP contribution in [0.15, 0.2) is 97.6 Å². The number of nitrogens with one attached hydrogen (secondary N) is 2. The molecule has 1 heterocycles. The fourth-order valence-electron chi connectivity index (χ4n) is 6.15. The van der Waals surface area contributed by atoms with Gasteiger partial charge in [0.15, 0.2) is 11.5 Å². The first-order valence-electron chi connectivity index (χ1n) is 19.3. The molecule has 304 valence electrons. The zero-order chi connectivity index (χ0) is 40.4. The van der Waals surface area contributed by atoms with Crippen LogP contribution in [0.1, 0.15) is 120 Å². The molecule has 16 heteroatoms. The first-order valence-corrected chi connectivity index (χ1v) is 22.2. The van der Waals surface area contributed by atoms with Crippen LogP contribution < -0.4 is 15.6 Å². The van der Waals surface area contributed by atoms with Crippen LogP contribution in [0.4, 0.5) is 17.2 Å². The molecule has 0 aliphatic carbocycles. The summed E-state index contributed by atoms with van der Waals surface area (Å²) in [6, 6.07) is 17.2. The number of carbonyl (C=O) groups excluding carboxylic acids is 1. The average Bonchev–Trinajstić information content (AvgIpc) is 3.48. The highest BCUT2D eigenvalue weighted by atomic mass is 32.2. The maximum absolute atomic E-state index is 13.6. The van der Waals surface area contributed by atoms with Crippen LogP contribution in [0.3, 0.4) is 0 Å². The summed E-state index contributed by atoms with van der Waals surface area (Å²) in [6.45, 7) is 2.72. The summed E-state index contributed by atoms with van der Waals surface area (Å²) in [7, 11) is -9.98. The molecule has 0 aliphatic heterocycles. The van der Waals surface area contributed by atoms with Crippen LogP contribution in [0.25, 0.3) is 5.69 Å². The van der Waals surface area contributed by atoms with Gasteiger partial charge in [-0.1, -0.05) is 134 Å². The Hall–Kier alpha value is -4.64. The second-order valence-corrected chi connectivity index (χ2v) is 16.6. The van der Waals surface area contributed by atoms with Crippen molar-refractivity contribution in [1.29, 1.82) is 0 Å². The number of benzene rings is 3. The second-order valence-electron chi connectivity index (χ2n) is 13.7. The lowest BCUT2D eigenvalue weighted by Crippen LogP contribution is -2.15. The van der Waals surface area contributed by atoms with Crippen molar-refractivity contribution < 1.29 is 35.5 Å². The number of carbonyl (C=O) groups is 1. The summed E-state index contributed by atoms with van der Waals surface area (Å²) in [5.74, 6) is -0.910. The minimum absolute atomic E-state index is 0.259. The third-order valence-electron chi connectivity index (χ3n) is 9.24. The number of para-hydroxylation sites is 2. The Morgan fingerprint density at radius 3 is 1.73 bits per heavy atom. The van der Waals surface area contributed by atoms with Crippen LogP contribution in [-0.4, -0.2) is 48.2 Å². The largest absolute Gasteiger partial charge is 0.491 e. The molecule has 0 fully saturated rings. The zero-order valence-corrected chi connectivity index (χ0v) is 33.5. The second kappa shape index (κ2) is 22.2. The van der Waals surface area contributed by atoms with Crippen molar-refractivity contribution in [1.82, 2.24) is 9.78 Å². The number of amides is 1. The molecular weight excluding hydrogens is 759 g/mol. The summed E-state index contributed by atoms with van der Waals surface area (Å²) < 4.78 is 73.5. The fraction of sp³-hybridized carbons (Fsp3) is 0.450. The van der Waals surface area contributed by atoms with Gasteiger partial charge in [-0.25, -0.2) is 4.68 Å². The Morgan fingerprint density at radius 2 is 1.20 bits per heavy atom. The van der Waals surface area contributed by atoms with E-state index in [0.717, 1.165) is 23.9 Å². The quantitative estimate of drug-likeness (QED) is 0.0285. The van der Waals surface area contributed by atoms with Crippen molar-refractivity contribution in [2.45, 2.75) is 119 Å². The molecule has 1 amide bonds. The Balaban J connectivity index is 1.36. The van der Waals surface area contributed by atoms with Gasteiger partial charge in [-0.3, -0.25) is 23.8 Å². The van der Waals surface area contributed by atoms with E-state index in [2.05, 4.69) is 27.6 Å². The molecule has 4 rings (SSSR count). The lowest BCUT2D eigenvalue weighted by atomic mass is 10.0. The summed E-state index contributed by atoms with van der Waals surface area (Å²) >= 11 is 0. The minimum atomic E-state index is -4.99. The fourth-order valence-corrected chi connectivity index (χ4v) is 7.33. The van der Waals surface area contributed by atoms with Crippen LogP contribution in [0.5, 0.6) is 5.75 Å². The first kappa shape index (κ1) is 44.1. The molecule has 4 N–H and O–H groups in total. The van der Waals surface area contributed by atoms with Gasteiger partial charge in [-0.2, -0.15) is 16.8 Å². The molecule has 0 bridgehead atoms. The normalized spacial score (nSPS) is 12.0. The number of ether oxygens (including phenoxy) is 1. The highest BCUT2D eigenvalue weighted by molar-refractivity contribution is 7.86. The number of anilines is 1. The minimum Gasteiger partial charge on any atom is -0.491 e. The lowest BCUT2D eigenvalue weighted by Gasteiger charge is -2.08. The number of aromatic nitrogens is 2. The van der Waals surface area contributed by atoms with Crippen molar-refractivity contribution in [3.8, 4) is 11.4 Å². The smallest absolute Gasteiger partial charge is 0.301 e. The van der Waals surface area contributed by atoms with Crippen LogP contribution >= 0.6 is 0 Å². The molecule has 3 aromatic carbocycles. The zero-order valence-electron chi connectivity index (χ0n) is 31.9. The van der Waals surface area contributed by atoms with E-state index in [1.165, 1.54) is 83.5 Å². The maximum atomic E-state index is 13.6. The van der Waals surface area contributed by atoms with Gasteiger partial charge < -0.3 is 10.1 Å². The predicted molar refractivity (Wildman–Crippen MR) is 216 cm³/mol. The van der Waals surface area contributed by atoms with Crippen molar-refractivity contribution >= 4 is 43.3 Å². The van der Waals surface area contributed by atoms with Crippen molar-refractivity contribution in [3.63, 3.8) is 0 Å². The number of azo groups is 1. The van der Waals surface area contributed by atoms with Gasteiger partial charge in [0.25, 0.3) is 26.1 Å². The lowest BCUT2D eigenvalue weighted by molar-refractivity contribution is 0.102. The summed E-state index contributed by atoms with van der Waals surface area (Å²) in [4.78, 5) is 25.1.